The van der Waals surface area contributed by atoms with Crippen molar-refractivity contribution in [3.8, 4) is 0 Å². The minimum atomic E-state index is -0.291. The van der Waals surface area contributed by atoms with Crippen molar-refractivity contribution in [1.82, 2.24) is 10.2 Å². The topological polar surface area (TPSA) is 58.4 Å². The summed E-state index contributed by atoms with van der Waals surface area (Å²) in [7, 11) is 0. The number of carbonyl (C=O) groups is 1. The minimum Gasteiger partial charge on any atom is -0.351 e. The molecule has 1 unspecified atom stereocenters. The lowest BCUT2D eigenvalue weighted by Gasteiger charge is -2.32. The third kappa shape index (κ3) is 3.54. The lowest BCUT2D eigenvalue weighted by atomic mass is 10.1. The molecule has 1 fully saturated rings. The number of nitrogens with two attached hydrogens (primary N) is 1. The molecule has 0 spiro atoms. The molecule has 0 radical (unpaired) electrons. The summed E-state index contributed by atoms with van der Waals surface area (Å²) in [5.74, 6) is 0.652. The zero-order valence-electron chi connectivity index (χ0n) is 9.12. The van der Waals surface area contributed by atoms with Gasteiger partial charge in [-0.2, -0.15) is 0 Å². The molecular formula is C10H21N3O. The average molecular weight is 199 g/mol. The number of carbonyl (C=O) groups excluding carboxylic acids is 1. The third-order valence-corrected chi connectivity index (χ3v) is 2.55. The Morgan fingerprint density at radius 3 is 2.93 bits per heavy atom. The van der Waals surface area contributed by atoms with Crippen LogP contribution in [0.4, 0.5) is 4.79 Å². The average Bonchev–Trinajstić information content (AvgIpc) is 2.15. The van der Waals surface area contributed by atoms with E-state index in [1.54, 1.807) is 4.90 Å². The van der Waals surface area contributed by atoms with Crippen LogP contribution < -0.4 is 11.1 Å². The van der Waals surface area contributed by atoms with E-state index >= 15 is 0 Å². The van der Waals surface area contributed by atoms with Gasteiger partial charge in [0.15, 0.2) is 0 Å². The normalized spacial score (nSPS) is 22.8. The van der Waals surface area contributed by atoms with E-state index in [9.17, 15) is 4.79 Å². The molecule has 4 heteroatoms. The van der Waals surface area contributed by atoms with E-state index in [2.05, 4.69) is 19.2 Å². The van der Waals surface area contributed by atoms with Crippen molar-refractivity contribution < 1.29 is 4.79 Å². The van der Waals surface area contributed by atoms with Crippen LogP contribution in [0.25, 0.3) is 0 Å². The highest BCUT2D eigenvalue weighted by Gasteiger charge is 2.21. The van der Waals surface area contributed by atoms with Gasteiger partial charge >= 0.3 is 6.03 Å². The number of likely N-dealkylation sites (tertiary alicyclic amines) is 1. The van der Waals surface area contributed by atoms with E-state index in [0.717, 1.165) is 32.5 Å². The van der Waals surface area contributed by atoms with Crippen molar-refractivity contribution in [2.24, 2.45) is 11.7 Å². The number of piperidine rings is 1. The van der Waals surface area contributed by atoms with Gasteiger partial charge in [-0.3, -0.25) is 0 Å². The van der Waals surface area contributed by atoms with Crippen LogP contribution in [0, 0.1) is 5.92 Å². The highest BCUT2D eigenvalue weighted by molar-refractivity contribution is 5.72. The van der Waals surface area contributed by atoms with Gasteiger partial charge in [-0.25, -0.2) is 4.79 Å². The molecule has 0 saturated carbocycles. The molecule has 0 bridgehead atoms. The lowest BCUT2D eigenvalue weighted by molar-refractivity contribution is 0.181. The molecular weight excluding hydrogens is 178 g/mol. The van der Waals surface area contributed by atoms with Crippen molar-refractivity contribution in [1.29, 1.82) is 0 Å². The number of nitrogens with one attached hydrogen (secondary N) is 1. The summed E-state index contributed by atoms with van der Waals surface area (Å²) in [5, 5.41) is 3.46. The Labute approximate surface area is 85.8 Å². The van der Waals surface area contributed by atoms with Crippen LogP contribution in [0.5, 0.6) is 0 Å². The van der Waals surface area contributed by atoms with Gasteiger partial charge in [0.25, 0.3) is 0 Å². The molecule has 4 nitrogen and oxygen atoms in total. The van der Waals surface area contributed by atoms with Gasteiger partial charge in [0.1, 0.15) is 0 Å². The molecule has 1 aliphatic rings. The van der Waals surface area contributed by atoms with E-state index in [-0.39, 0.29) is 6.03 Å². The zero-order chi connectivity index (χ0) is 10.6. The van der Waals surface area contributed by atoms with Crippen molar-refractivity contribution >= 4 is 6.03 Å². The third-order valence-electron chi connectivity index (χ3n) is 2.55. The van der Waals surface area contributed by atoms with Crippen LogP contribution in [-0.4, -0.2) is 36.6 Å². The van der Waals surface area contributed by atoms with Gasteiger partial charge in [-0.15, -0.1) is 0 Å². The number of rotatable bonds is 3. The minimum absolute atomic E-state index is 0.291. The Kier molecular flexibility index (Phi) is 4.20. The van der Waals surface area contributed by atoms with Crippen LogP contribution in [0.15, 0.2) is 0 Å². The highest BCUT2D eigenvalue weighted by Crippen LogP contribution is 2.09. The van der Waals surface area contributed by atoms with Gasteiger partial charge < -0.3 is 16.0 Å². The van der Waals surface area contributed by atoms with E-state index in [1.807, 2.05) is 0 Å². The van der Waals surface area contributed by atoms with Crippen molar-refractivity contribution in [2.75, 3.05) is 19.6 Å². The highest BCUT2D eigenvalue weighted by atomic mass is 16.2. The van der Waals surface area contributed by atoms with E-state index in [1.165, 1.54) is 0 Å². The molecule has 14 heavy (non-hydrogen) atoms. The van der Waals surface area contributed by atoms with E-state index < -0.39 is 0 Å². The van der Waals surface area contributed by atoms with E-state index in [0.29, 0.717) is 12.0 Å². The molecule has 3 N–H and O–H groups in total. The first-order valence-electron chi connectivity index (χ1n) is 5.37. The molecule has 82 valence electrons. The zero-order valence-corrected chi connectivity index (χ0v) is 9.12. The maximum atomic E-state index is 11.0. The van der Waals surface area contributed by atoms with Gasteiger partial charge in [0.2, 0.25) is 0 Å². The van der Waals surface area contributed by atoms with Gasteiger partial charge in [-0.1, -0.05) is 13.8 Å². The first kappa shape index (κ1) is 11.3. The quantitative estimate of drug-likeness (QED) is 0.705. The Balaban J connectivity index is 2.29. The summed E-state index contributed by atoms with van der Waals surface area (Å²) in [6.07, 6.45) is 2.20. The Morgan fingerprint density at radius 2 is 2.36 bits per heavy atom. The fraction of sp³-hybridized carbons (Fsp3) is 0.900. The molecule has 1 rings (SSSR count). The molecule has 1 saturated heterocycles. The molecule has 0 aromatic carbocycles. The molecule has 2 amide bonds. The monoisotopic (exact) mass is 199 g/mol. The number of amides is 2. The maximum Gasteiger partial charge on any atom is 0.314 e. The summed E-state index contributed by atoms with van der Waals surface area (Å²) in [5.41, 5.74) is 5.24. The van der Waals surface area contributed by atoms with Gasteiger partial charge in [-0.05, 0) is 25.3 Å². The predicted octanol–water partition coefficient (Wildman–Crippen LogP) is 0.775. The second-order valence-electron chi connectivity index (χ2n) is 4.43. The van der Waals surface area contributed by atoms with Crippen molar-refractivity contribution in [3.05, 3.63) is 0 Å². The predicted molar refractivity (Wildman–Crippen MR) is 57.0 cm³/mol. The summed E-state index contributed by atoms with van der Waals surface area (Å²) in [6.45, 7) is 6.96. The summed E-state index contributed by atoms with van der Waals surface area (Å²) in [4.78, 5) is 12.7. The number of urea groups is 1. The molecule has 0 aliphatic carbocycles. The van der Waals surface area contributed by atoms with Crippen LogP contribution in [0.3, 0.4) is 0 Å². The molecule has 0 aromatic rings. The number of hydrogen-bond donors (Lipinski definition) is 2. The summed E-state index contributed by atoms with van der Waals surface area (Å²) < 4.78 is 0. The maximum absolute atomic E-state index is 11.0. The Bertz CT molecular complexity index is 194. The largest absolute Gasteiger partial charge is 0.351 e. The SMILES string of the molecule is CC(C)CNC1CCCN(C(N)=O)C1. The lowest BCUT2D eigenvalue weighted by Crippen LogP contribution is -2.50. The standard InChI is InChI=1S/C10H21N3O/c1-8(2)6-12-9-4-3-5-13(7-9)10(11)14/h8-9,12H,3-7H2,1-2H3,(H2,11,14). The molecule has 1 heterocycles. The first-order chi connectivity index (χ1) is 6.59. The second-order valence-corrected chi connectivity index (χ2v) is 4.43. The number of primary amides is 1. The van der Waals surface area contributed by atoms with Crippen molar-refractivity contribution in [3.63, 3.8) is 0 Å². The van der Waals surface area contributed by atoms with Gasteiger partial charge in [0, 0.05) is 19.1 Å². The molecule has 1 aliphatic heterocycles. The molecule has 0 aromatic heterocycles. The van der Waals surface area contributed by atoms with Crippen LogP contribution in [0.1, 0.15) is 26.7 Å². The Morgan fingerprint density at radius 1 is 1.64 bits per heavy atom. The van der Waals surface area contributed by atoms with E-state index in [4.69, 9.17) is 5.73 Å². The fourth-order valence-corrected chi connectivity index (χ4v) is 1.75. The van der Waals surface area contributed by atoms with Gasteiger partial charge in [0.05, 0.1) is 0 Å². The Hall–Kier alpha value is -0.770. The van der Waals surface area contributed by atoms with Crippen LogP contribution in [0.2, 0.25) is 0 Å². The smallest absolute Gasteiger partial charge is 0.314 e. The van der Waals surface area contributed by atoms with Crippen LogP contribution >= 0.6 is 0 Å². The number of nitrogens with zero attached hydrogens (tertiary/aromatic N) is 1. The molecule has 1 atom stereocenters. The summed E-state index contributed by atoms with van der Waals surface area (Å²) >= 11 is 0. The first-order valence-corrected chi connectivity index (χ1v) is 5.37. The second kappa shape index (κ2) is 5.20. The summed E-state index contributed by atoms with van der Waals surface area (Å²) in [6, 6.07) is 0.139. The fourth-order valence-electron chi connectivity index (χ4n) is 1.75. The van der Waals surface area contributed by atoms with Crippen molar-refractivity contribution in [2.45, 2.75) is 32.7 Å². The number of hydrogen-bond acceptors (Lipinski definition) is 2. The van der Waals surface area contributed by atoms with Crippen LogP contribution in [-0.2, 0) is 0 Å².